The first kappa shape index (κ1) is 23.6. The van der Waals surface area contributed by atoms with E-state index in [1.807, 2.05) is 30.3 Å². The van der Waals surface area contributed by atoms with E-state index < -0.39 is 11.8 Å². The van der Waals surface area contributed by atoms with E-state index in [4.69, 9.17) is 33.2 Å². The summed E-state index contributed by atoms with van der Waals surface area (Å²) < 4.78 is 39.5. The number of hydrogen-bond donors (Lipinski definition) is 2. The fourth-order valence-corrected chi connectivity index (χ4v) is 6.15. The van der Waals surface area contributed by atoms with Crippen LogP contribution in [0.5, 0.6) is 40.2 Å². The van der Waals surface area contributed by atoms with Crippen LogP contribution < -0.4 is 33.7 Å². The molecule has 1 fully saturated rings. The minimum Gasteiger partial charge on any atom is -0.502 e. The Morgan fingerprint density at radius 1 is 0.821 bits per heavy atom. The van der Waals surface area contributed by atoms with Crippen LogP contribution in [-0.4, -0.2) is 51.9 Å². The second-order valence-electron chi connectivity index (χ2n) is 9.89. The van der Waals surface area contributed by atoms with Crippen molar-refractivity contribution < 1.29 is 43.1 Å². The van der Waals surface area contributed by atoms with Gasteiger partial charge in [-0.2, -0.15) is 0 Å². The van der Waals surface area contributed by atoms with E-state index in [2.05, 4.69) is 5.32 Å². The quantitative estimate of drug-likeness (QED) is 0.467. The van der Waals surface area contributed by atoms with Crippen molar-refractivity contribution in [3.63, 3.8) is 0 Å². The number of aromatic hydroxyl groups is 1. The van der Waals surface area contributed by atoms with Crippen LogP contribution in [0.3, 0.4) is 0 Å². The van der Waals surface area contributed by atoms with E-state index in [1.54, 1.807) is 12.1 Å². The van der Waals surface area contributed by atoms with Gasteiger partial charge in [-0.15, -0.1) is 0 Å². The summed E-state index contributed by atoms with van der Waals surface area (Å²) >= 11 is 0. The van der Waals surface area contributed by atoms with Crippen molar-refractivity contribution in [3.05, 3.63) is 59.2 Å². The first-order valence-corrected chi connectivity index (χ1v) is 12.8. The zero-order valence-corrected chi connectivity index (χ0v) is 21.4. The second kappa shape index (κ2) is 9.07. The summed E-state index contributed by atoms with van der Waals surface area (Å²) in [5.74, 6) is 1.64. The van der Waals surface area contributed by atoms with Crippen molar-refractivity contribution in [2.45, 2.75) is 12.0 Å². The first-order valence-electron chi connectivity index (χ1n) is 12.8. The SMILES string of the molecule is COc1cc([C@H]2c3cc4c(cc3[C@@H](Nc3ccc5c(c3)OCCO5)C3COC(=O)[C@@H]32)OCO4)cc(OC)c1O. The van der Waals surface area contributed by atoms with E-state index in [9.17, 15) is 9.90 Å². The van der Waals surface area contributed by atoms with Gasteiger partial charge in [0.2, 0.25) is 12.5 Å². The number of hydrogen-bond acceptors (Lipinski definition) is 10. The predicted molar refractivity (Wildman–Crippen MR) is 137 cm³/mol. The number of cyclic esters (lactones) is 1. The summed E-state index contributed by atoms with van der Waals surface area (Å²) in [6.45, 7) is 1.38. The van der Waals surface area contributed by atoms with Gasteiger partial charge in [-0.05, 0) is 53.1 Å². The summed E-state index contributed by atoms with van der Waals surface area (Å²) in [6.07, 6.45) is 0. The van der Waals surface area contributed by atoms with E-state index in [0.29, 0.717) is 36.2 Å². The van der Waals surface area contributed by atoms with Gasteiger partial charge in [0.15, 0.2) is 34.5 Å². The molecule has 1 unspecified atom stereocenters. The number of carbonyl (C=O) groups is 1. The largest absolute Gasteiger partial charge is 0.502 e. The van der Waals surface area contributed by atoms with Crippen molar-refractivity contribution in [3.8, 4) is 40.2 Å². The number of anilines is 1. The fourth-order valence-electron chi connectivity index (χ4n) is 6.15. The highest BCUT2D eigenvalue weighted by Gasteiger charge is 2.52. The molecular weight excluding hydrogens is 506 g/mol. The summed E-state index contributed by atoms with van der Waals surface area (Å²) in [6, 6.07) is 12.9. The van der Waals surface area contributed by atoms with Crippen molar-refractivity contribution in [1.82, 2.24) is 0 Å². The maximum atomic E-state index is 13.3. The Morgan fingerprint density at radius 3 is 2.21 bits per heavy atom. The highest BCUT2D eigenvalue weighted by molar-refractivity contribution is 5.79. The van der Waals surface area contributed by atoms with E-state index in [0.717, 1.165) is 22.4 Å². The number of methoxy groups -OCH3 is 2. The summed E-state index contributed by atoms with van der Waals surface area (Å²) in [5, 5.41) is 14.2. The molecule has 3 aromatic rings. The van der Waals surface area contributed by atoms with Crippen molar-refractivity contribution >= 4 is 11.7 Å². The molecule has 3 aromatic carbocycles. The number of nitrogens with one attached hydrogen (secondary N) is 1. The average Bonchev–Trinajstić information content (AvgIpc) is 3.58. The van der Waals surface area contributed by atoms with Gasteiger partial charge in [0.25, 0.3) is 0 Å². The van der Waals surface area contributed by atoms with Crippen LogP contribution in [0.15, 0.2) is 42.5 Å². The number of esters is 1. The lowest BCUT2D eigenvalue weighted by Gasteiger charge is -2.40. The molecule has 202 valence electrons. The highest BCUT2D eigenvalue weighted by Crippen LogP contribution is 2.56. The van der Waals surface area contributed by atoms with Gasteiger partial charge < -0.3 is 43.6 Å². The summed E-state index contributed by atoms with van der Waals surface area (Å²) in [7, 11) is 2.95. The molecule has 1 aliphatic carbocycles. The van der Waals surface area contributed by atoms with E-state index >= 15 is 0 Å². The Kier molecular flexibility index (Phi) is 5.50. The Balaban J connectivity index is 1.38. The van der Waals surface area contributed by atoms with Crippen LogP contribution >= 0.6 is 0 Å². The number of ether oxygens (including phenoxy) is 7. The molecule has 0 saturated carbocycles. The number of phenols is 1. The predicted octanol–water partition coefficient (Wildman–Crippen LogP) is 4.00. The number of phenolic OH excluding ortho intramolecular Hbond substituents is 1. The second-order valence-corrected chi connectivity index (χ2v) is 9.89. The molecule has 10 heteroatoms. The molecule has 39 heavy (non-hydrogen) atoms. The van der Waals surface area contributed by atoms with Gasteiger partial charge in [-0.25, -0.2) is 0 Å². The molecule has 1 saturated heterocycles. The molecule has 2 N–H and O–H groups in total. The molecular formula is C29H27NO9. The van der Waals surface area contributed by atoms with Gasteiger partial charge in [0.1, 0.15) is 13.2 Å². The minimum atomic E-state index is -0.508. The standard InChI is InChI=1S/C29H27NO9/c1-33-23-7-14(8-24(34-2)28(23)31)25-16-10-21-22(39-13-38-21)11-17(16)27(18-12-37-29(32)26(18)25)30-15-3-4-19-20(9-15)36-6-5-35-19/h3-4,7-11,18,25-27,30-31H,5-6,12-13H2,1-2H3/t18?,25-,26-,27+/m0/s1. The summed E-state index contributed by atoms with van der Waals surface area (Å²) in [4.78, 5) is 13.3. The monoisotopic (exact) mass is 533 g/mol. The smallest absolute Gasteiger partial charge is 0.310 e. The van der Waals surface area contributed by atoms with Crippen LogP contribution in [0.25, 0.3) is 0 Å². The first-order chi connectivity index (χ1) is 19.1. The maximum absolute atomic E-state index is 13.3. The van der Waals surface area contributed by atoms with Crippen LogP contribution in [0.2, 0.25) is 0 Å². The molecule has 0 radical (unpaired) electrons. The number of carbonyl (C=O) groups excluding carboxylic acids is 1. The topological polar surface area (TPSA) is 114 Å². The molecule has 0 aromatic heterocycles. The summed E-state index contributed by atoms with van der Waals surface area (Å²) in [5.41, 5.74) is 3.44. The minimum absolute atomic E-state index is 0.103. The zero-order valence-electron chi connectivity index (χ0n) is 21.4. The number of fused-ring (bicyclic) bond motifs is 4. The molecule has 4 aliphatic rings. The van der Waals surface area contributed by atoms with Gasteiger partial charge in [-0.1, -0.05) is 0 Å². The van der Waals surface area contributed by atoms with Gasteiger partial charge in [0.05, 0.1) is 32.8 Å². The Morgan fingerprint density at radius 2 is 1.49 bits per heavy atom. The number of rotatable bonds is 5. The van der Waals surface area contributed by atoms with Crippen LogP contribution in [0, 0.1) is 11.8 Å². The molecule has 0 amide bonds. The van der Waals surface area contributed by atoms with Crippen molar-refractivity contribution in [2.24, 2.45) is 11.8 Å². The van der Waals surface area contributed by atoms with Crippen LogP contribution in [-0.2, 0) is 9.53 Å². The molecule has 3 aliphatic heterocycles. The van der Waals surface area contributed by atoms with Crippen LogP contribution in [0.1, 0.15) is 28.7 Å². The lowest BCUT2D eigenvalue weighted by atomic mass is 9.65. The van der Waals surface area contributed by atoms with E-state index in [1.165, 1.54) is 14.2 Å². The third-order valence-corrected chi connectivity index (χ3v) is 7.91. The van der Waals surface area contributed by atoms with Crippen LogP contribution in [0.4, 0.5) is 5.69 Å². The molecule has 10 nitrogen and oxygen atoms in total. The van der Waals surface area contributed by atoms with Gasteiger partial charge in [0, 0.05) is 23.6 Å². The lowest BCUT2D eigenvalue weighted by molar-refractivity contribution is -0.141. The van der Waals surface area contributed by atoms with Gasteiger partial charge >= 0.3 is 5.97 Å². The molecule has 3 heterocycles. The highest BCUT2D eigenvalue weighted by atomic mass is 16.7. The number of benzene rings is 3. The Labute approximate surface area is 224 Å². The van der Waals surface area contributed by atoms with Gasteiger partial charge in [-0.3, -0.25) is 4.79 Å². The maximum Gasteiger partial charge on any atom is 0.310 e. The van der Waals surface area contributed by atoms with E-state index in [-0.39, 0.29) is 48.6 Å². The zero-order chi connectivity index (χ0) is 26.7. The molecule has 7 rings (SSSR count). The normalized spacial score (nSPS) is 23.9. The van der Waals surface area contributed by atoms with Crippen molar-refractivity contribution in [2.75, 3.05) is 46.1 Å². The Bertz CT molecular complexity index is 1450. The molecule has 4 atom stereocenters. The fraction of sp³-hybridized carbons (Fsp3) is 0.345. The van der Waals surface area contributed by atoms with Crippen molar-refractivity contribution in [1.29, 1.82) is 0 Å². The molecule has 0 spiro atoms. The average molecular weight is 534 g/mol. The third kappa shape index (κ3) is 3.73. The Hall–Kier alpha value is -4.47. The third-order valence-electron chi connectivity index (χ3n) is 7.91. The molecule has 0 bridgehead atoms. The lowest BCUT2D eigenvalue weighted by Crippen LogP contribution is -2.37.